The predicted octanol–water partition coefficient (Wildman–Crippen LogP) is 3.38. The summed E-state index contributed by atoms with van der Waals surface area (Å²) in [6.45, 7) is 6.95. The van der Waals surface area contributed by atoms with E-state index in [0.717, 1.165) is 12.1 Å². The summed E-state index contributed by atoms with van der Waals surface area (Å²) in [6.07, 6.45) is 5.54. The third-order valence-corrected chi connectivity index (χ3v) is 6.04. The van der Waals surface area contributed by atoms with E-state index in [-0.39, 0.29) is 29.3 Å². The molecule has 1 aromatic rings. The topological polar surface area (TPSA) is 39.2 Å². The molecule has 2 bridgehead atoms. The monoisotopic (exact) mass is 273 g/mol. The molecular weight excluding hydrogens is 250 g/mol. The Balaban J connectivity index is 1.66. The molecule has 0 radical (unpaired) electrons. The van der Waals surface area contributed by atoms with Crippen LogP contribution in [0, 0.1) is 16.7 Å². The fourth-order valence-electron chi connectivity index (χ4n) is 4.16. The van der Waals surface area contributed by atoms with Gasteiger partial charge in [-0.25, -0.2) is 0 Å². The summed E-state index contributed by atoms with van der Waals surface area (Å²) in [7, 11) is 0. The van der Waals surface area contributed by atoms with Gasteiger partial charge in [0.1, 0.15) is 6.10 Å². The van der Waals surface area contributed by atoms with Gasteiger partial charge in [0.05, 0.1) is 12.1 Å². The largest absolute Gasteiger partial charge is 0.461 e. The number of hydrogen-bond acceptors (Lipinski definition) is 3. The molecule has 0 N–H and O–H groups in total. The maximum Gasteiger partial charge on any atom is 0.312 e. The normalized spacial score (nSPS) is 34.1. The average molecular weight is 273 g/mol. The molecule has 0 aliphatic heterocycles. The number of carbonyl (C=O) groups is 1. The van der Waals surface area contributed by atoms with Crippen LogP contribution in [0.4, 0.5) is 0 Å². The molecule has 0 saturated heterocycles. The van der Waals surface area contributed by atoms with E-state index in [1.54, 1.807) is 6.20 Å². The molecule has 3 rings (SSSR count). The number of pyridine rings is 1. The second kappa shape index (κ2) is 4.57. The van der Waals surface area contributed by atoms with Crippen LogP contribution < -0.4 is 0 Å². The van der Waals surface area contributed by atoms with E-state index in [2.05, 4.69) is 25.8 Å². The molecule has 2 saturated carbocycles. The number of ether oxygens (including phenoxy) is 1. The highest BCUT2D eigenvalue weighted by Crippen LogP contribution is 2.66. The summed E-state index contributed by atoms with van der Waals surface area (Å²) in [5.41, 5.74) is 1.20. The number of carbonyl (C=O) groups excluding carboxylic acids is 1. The fraction of sp³-hybridized carbons (Fsp3) is 0.647. The van der Waals surface area contributed by atoms with E-state index in [1.807, 2.05) is 18.2 Å². The Morgan fingerprint density at radius 2 is 2.20 bits per heavy atom. The molecule has 0 aromatic carbocycles. The lowest BCUT2D eigenvalue weighted by Gasteiger charge is -2.38. The molecular formula is C17H23NO2. The molecule has 1 aromatic heterocycles. The standard InChI is InChI=1S/C17H23NO2/c1-16(2)12-7-8-17(16,3)14(10-12)20-15(19)11-13-6-4-5-9-18-13/h4-6,9,12,14H,7-8,10-11H2,1-3H3. The molecule has 3 unspecified atom stereocenters. The molecule has 108 valence electrons. The van der Waals surface area contributed by atoms with Crippen LogP contribution in [0.15, 0.2) is 24.4 Å². The van der Waals surface area contributed by atoms with Gasteiger partial charge in [-0.05, 0) is 42.7 Å². The number of fused-ring (bicyclic) bond motifs is 2. The first-order chi connectivity index (χ1) is 9.43. The van der Waals surface area contributed by atoms with E-state index >= 15 is 0 Å². The minimum atomic E-state index is -0.140. The number of nitrogens with zero attached hydrogens (tertiary/aromatic N) is 1. The molecule has 2 aliphatic carbocycles. The number of hydrogen-bond donors (Lipinski definition) is 0. The van der Waals surface area contributed by atoms with Crippen LogP contribution in [0.1, 0.15) is 45.7 Å². The molecule has 3 heteroatoms. The van der Waals surface area contributed by atoms with E-state index < -0.39 is 0 Å². The zero-order valence-electron chi connectivity index (χ0n) is 12.6. The molecule has 2 fully saturated rings. The Bertz CT molecular complexity index is 511. The van der Waals surface area contributed by atoms with Crippen molar-refractivity contribution in [3.63, 3.8) is 0 Å². The first kappa shape index (κ1) is 13.6. The van der Waals surface area contributed by atoms with Crippen LogP contribution in [0.3, 0.4) is 0 Å². The van der Waals surface area contributed by atoms with Crippen molar-refractivity contribution < 1.29 is 9.53 Å². The number of aromatic nitrogens is 1. The van der Waals surface area contributed by atoms with Crippen LogP contribution in [0.5, 0.6) is 0 Å². The van der Waals surface area contributed by atoms with Gasteiger partial charge >= 0.3 is 5.97 Å². The van der Waals surface area contributed by atoms with Crippen molar-refractivity contribution in [1.82, 2.24) is 4.98 Å². The van der Waals surface area contributed by atoms with Crippen LogP contribution in [-0.2, 0) is 16.0 Å². The SMILES string of the molecule is CC1(C)C2CCC1(C)C(OC(=O)Cc1ccccn1)C2. The van der Waals surface area contributed by atoms with Gasteiger partial charge in [0.15, 0.2) is 0 Å². The third-order valence-electron chi connectivity index (χ3n) is 6.04. The lowest BCUT2D eigenvalue weighted by Crippen LogP contribution is -2.38. The van der Waals surface area contributed by atoms with Crippen molar-refractivity contribution in [2.45, 2.75) is 52.6 Å². The van der Waals surface area contributed by atoms with Gasteiger partial charge in [0, 0.05) is 11.6 Å². The minimum Gasteiger partial charge on any atom is -0.461 e. The summed E-state index contributed by atoms with van der Waals surface area (Å²) >= 11 is 0. The summed E-state index contributed by atoms with van der Waals surface area (Å²) in [5.74, 6) is 0.554. The first-order valence-electron chi connectivity index (χ1n) is 7.53. The predicted molar refractivity (Wildman–Crippen MR) is 77.1 cm³/mol. The lowest BCUT2D eigenvalue weighted by molar-refractivity contribution is -0.156. The molecule has 2 aliphatic rings. The van der Waals surface area contributed by atoms with Gasteiger partial charge in [-0.15, -0.1) is 0 Å². The molecule has 20 heavy (non-hydrogen) atoms. The highest BCUT2D eigenvalue weighted by atomic mass is 16.5. The van der Waals surface area contributed by atoms with Gasteiger partial charge in [0.25, 0.3) is 0 Å². The zero-order valence-corrected chi connectivity index (χ0v) is 12.6. The average Bonchev–Trinajstić information content (AvgIpc) is 2.73. The Morgan fingerprint density at radius 1 is 1.40 bits per heavy atom. The highest BCUT2D eigenvalue weighted by molar-refractivity contribution is 5.72. The van der Waals surface area contributed by atoms with Gasteiger partial charge in [0.2, 0.25) is 0 Å². The van der Waals surface area contributed by atoms with Gasteiger partial charge in [-0.3, -0.25) is 9.78 Å². The Morgan fingerprint density at radius 3 is 2.75 bits per heavy atom. The van der Waals surface area contributed by atoms with Crippen LogP contribution in [0.25, 0.3) is 0 Å². The van der Waals surface area contributed by atoms with Crippen molar-refractivity contribution in [2.24, 2.45) is 16.7 Å². The smallest absolute Gasteiger partial charge is 0.312 e. The fourth-order valence-corrected chi connectivity index (χ4v) is 4.16. The quantitative estimate of drug-likeness (QED) is 0.792. The van der Waals surface area contributed by atoms with Crippen LogP contribution in [-0.4, -0.2) is 17.1 Å². The lowest BCUT2D eigenvalue weighted by atomic mass is 9.70. The van der Waals surface area contributed by atoms with Crippen molar-refractivity contribution in [2.75, 3.05) is 0 Å². The summed E-state index contributed by atoms with van der Waals surface area (Å²) in [4.78, 5) is 16.3. The zero-order chi connectivity index (χ0) is 14.4. The highest BCUT2D eigenvalue weighted by Gasteiger charge is 2.62. The molecule has 0 spiro atoms. The molecule has 3 nitrogen and oxygen atoms in total. The Hall–Kier alpha value is -1.38. The second-order valence-electron chi connectivity index (χ2n) is 7.09. The van der Waals surface area contributed by atoms with Crippen molar-refractivity contribution in [3.05, 3.63) is 30.1 Å². The summed E-state index contributed by atoms with van der Waals surface area (Å²) < 4.78 is 5.81. The Labute approximate surface area is 120 Å². The summed E-state index contributed by atoms with van der Waals surface area (Å²) in [5, 5.41) is 0. The van der Waals surface area contributed by atoms with E-state index in [4.69, 9.17) is 4.74 Å². The van der Waals surface area contributed by atoms with Gasteiger partial charge < -0.3 is 4.74 Å². The number of esters is 1. The molecule has 0 amide bonds. The molecule has 1 heterocycles. The maximum absolute atomic E-state index is 12.1. The van der Waals surface area contributed by atoms with E-state index in [1.165, 1.54) is 12.8 Å². The van der Waals surface area contributed by atoms with Crippen molar-refractivity contribution in [3.8, 4) is 0 Å². The molecule has 3 atom stereocenters. The van der Waals surface area contributed by atoms with Gasteiger partial charge in [-0.2, -0.15) is 0 Å². The van der Waals surface area contributed by atoms with E-state index in [0.29, 0.717) is 5.92 Å². The maximum atomic E-state index is 12.1. The summed E-state index contributed by atoms with van der Waals surface area (Å²) in [6, 6.07) is 5.62. The number of rotatable bonds is 3. The third kappa shape index (κ3) is 1.95. The van der Waals surface area contributed by atoms with Crippen molar-refractivity contribution >= 4 is 5.97 Å². The van der Waals surface area contributed by atoms with Gasteiger partial charge in [-0.1, -0.05) is 26.8 Å². The van der Waals surface area contributed by atoms with Crippen LogP contribution >= 0.6 is 0 Å². The van der Waals surface area contributed by atoms with Crippen molar-refractivity contribution in [1.29, 1.82) is 0 Å². The Kier molecular flexibility index (Phi) is 3.11. The van der Waals surface area contributed by atoms with E-state index in [9.17, 15) is 4.79 Å². The minimum absolute atomic E-state index is 0.0764. The first-order valence-corrected chi connectivity index (χ1v) is 7.53. The second-order valence-corrected chi connectivity index (χ2v) is 7.09. The van der Waals surface area contributed by atoms with Crippen LogP contribution in [0.2, 0.25) is 0 Å².